The summed E-state index contributed by atoms with van der Waals surface area (Å²) < 4.78 is 13.9. The van der Waals surface area contributed by atoms with E-state index in [4.69, 9.17) is 5.73 Å². The van der Waals surface area contributed by atoms with Gasteiger partial charge in [0, 0.05) is 11.8 Å². The molecule has 0 saturated heterocycles. The fourth-order valence-corrected chi connectivity index (χ4v) is 2.03. The van der Waals surface area contributed by atoms with E-state index in [9.17, 15) is 4.39 Å². The van der Waals surface area contributed by atoms with E-state index < -0.39 is 6.04 Å². The molecule has 0 saturated carbocycles. The molecule has 0 amide bonds. The highest BCUT2D eigenvalue weighted by molar-refractivity contribution is 5.37. The smallest absolute Gasteiger partial charge is 0.128 e. The predicted octanol–water partition coefficient (Wildman–Crippen LogP) is 2.89. The Balaban J connectivity index is 2.48. The lowest BCUT2D eigenvalue weighted by Crippen LogP contribution is -2.16. The van der Waals surface area contributed by atoms with E-state index in [1.165, 1.54) is 6.07 Å². The minimum absolute atomic E-state index is 0.263. The highest BCUT2D eigenvalue weighted by Crippen LogP contribution is 2.25. The summed E-state index contributed by atoms with van der Waals surface area (Å²) in [4.78, 5) is 4.17. The molecule has 3 heteroatoms. The van der Waals surface area contributed by atoms with Gasteiger partial charge in [-0.25, -0.2) is 4.39 Å². The van der Waals surface area contributed by atoms with Crippen LogP contribution >= 0.6 is 0 Å². The monoisotopic (exact) mass is 230 g/mol. The van der Waals surface area contributed by atoms with Gasteiger partial charge in [-0.15, -0.1) is 0 Å². The molecule has 2 N–H and O–H groups in total. The first-order chi connectivity index (χ1) is 8.09. The van der Waals surface area contributed by atoms with Crippen LogP contribution in [-0.4, -0.2) is 4.98 Å². The molecule has 88 valence electrons. The van der Waals surface area contributed by atoms with Crippen molar-refractivity contribution in [3.05, 3.63) is 64.7 Å². The maximum atomic E-state index is 13.9. The van der Waals surface area contributed by atoms with E-state index in [2.05, 4.69) is 4.98 Å². The third-order valence-electron chi connectivity index (χ3n) is 2.80. The van der Waals surface area contributed by atoms with Crippen molar-refractivity contribution in [3.63, 3.8) is 0 Å². The molecule has 0 radical (unpaired) electrons. The molecule has 0 bridgehead atoms. The molecule has 2 rings (SSSR count). The van der Waals surface area contributed by atoms with Gasteiger partial charge in [0.2, 0.25) is 0 Å². The molecule has 1 atom stereocenters. The first-order valence-corrected chi connectivity index (χ1v) is 5.52. The number of hydrogen-bond acceptors (Lipinski definition) is 2. The highest BCUT2D eigenvalue weighted by Gasteiger charge is 2.17. The largest absolute Gasteiger partial charge is 0.319 e. The topological polar surface area (TPSA) is 38.9 Å². The lowest BCUT2D eigenvalue weighted by molar-refractivity contribution is 0.593. The fraction of sp³-hybridized carbons (Fsp3) is 0.214. The summed E-state index contributed by atoms with van der Waals surface area (Å²) in [5, 5.41) is 0. The molecule has 0 spiro atoms. The summed E-state index contributed by atoms with van der Waals surface area (Å²) in [7, 11) is 0. The second kappa shape index (κ2) is 4.63. The van der Waals surface area contributed by atoms with Crippen molar-refractivity contribution >= 4 is 0 Å². The number of pyridine rings is 1. The van der Waals surface area contributed by atoms with Gasteiger partial charge in [-0.05, 0) is 43.2 Å². The zero-order valence-electron chi connectivity index (χ0n) is 9.94. The Bertz CT molecular complexity index is 500. The van der Waals surface area contributed by atoms with Gasteiger partial charge in [0.1, 0.15) is 5.82 Å². The minimum atomic E-state index is -0.517. The van der Waals surface area contributed by atoms with Crippen molar-refractivity contribution in [1.29, 1.82) is 0 Å². The van der Waals surface area contributed by atoms with Crippen LogP contribution in [0.25, 0.3) is 0 Å². The molecule has 0 aliphatic rings. The Kier molecular flexibility index (Phi) is 3.20. The minimum Gasteiger partial charge on any atom is -0.319 e. The Morgan fingerprint density at radius 3 is 2.59 bits per heavy atom. The molecule has 17 heavy (non-hydrogen) atoms. The van der Waals surface area contributed by atoms with E-state index in [1.54, 1.807) is 6.20 Å². The number of halogens is 1. The highest BCUT2D eigenvalue weighted by atomic mass is 19.1. The third kappa shape index (κ3) is 2.34. The normalized spacial score (nSPS) is 12.5. The van der Waals surface area contributed by atoms with Crippen LogP contribution in [0.15, 0.2) is 36.5 Å². The van der Waals surface area contributed by atoms with Crippen LogP contribution in [-0.2, 0) is 0 Å². The van der Waals surface area contributed by atoms with Crippen molar-refractivity contribution in [3.8, 4) is 0 Å². The van der Waals surface area contributed by atoms with E-state index in [0.717, 1.165) is 11.1 Å². The average molecular weight is 230 g/mol. The molecule has 2 aromatic rings. The second-order valence-corrected chi connectivity index (χ2v) is 4.21. The van der Waals surface area contributed by atoms with Gasteiger partial charge in [0.15, 0.2) is 0 Å². The molecule has 1 aromatic carbocycles. The molecule has 1 unspecified atom stereocenters. The quantitative estimate of drug-likeness (QED) is 0.861. The summed E-state index contributed by atoms with van der Waals surface area (Å²) >= 11 is 0. The molecular weight excluding hydrogens is 215 g/mol. The van der Waals surface area contributed by atoms with Crippen LogP contribution in [0, 0.1) is 19.7 Å². The van der Waals surface area contributed by atoms with Gasteiger partial charge >= 0.3 is 0 Å². The molecule has 1 aromatic heterocycles. The van der Waals surface area contributed by atoms with E-state index in [0.29, 0.717) is 11.3 Å². The first-order valence-electron chi connectivity index (χ1n) is 5.52. The van der Waals surface area contributed by atoms with Crippen molar-refractivity contribution in [2.24, 2.45) is 5.73 Å². The number of nitrogens with zero attached hydrogens (tertiary/aromatic N) is 1. The summed E-state index contributed by atoms with van der Waals surface area (Å²) in [6.45, 7) is 3.74. The van der Waals surface area contributed by atoms with Gasteiger partial charge in [-0.3, -0.25) is 4.98 Å². The molecule has 0 fully saturated rings. The summed E-state index contributed by atoms with van der Waals surface area (Å²) in [5.41, 5.74) is 9.03. The molecule has 2 nitrogen and oxygen atoms in total. The summed E-state index contributed by atoms with van der Waals surface area (Å²) in [6, 6.07) is 8.39. The van der Waals surface area contributed by atoms with Crippen molar-refractivity contribution in [1.82, 2.24) is 4.98 Å². The number of nitrogens with two attached hydrogens (primary N) is 1. The zero-order valence-corrected chi connectivity index (χ0v) is 9.94. The van der Waals surface area contributed by atoms with Crippen LogP contribution in [0.3, 0.4) is 0 Å². The molecule has 0 aliphatic carbocycles. The number of rotatable bonds is 2. The Labute approximate surface area is 100 Å². The van der Waals surface area contributed by atoms with Gasteiger partial charge < -0.3 is 5.73 Å². The summed E-state index contributed by atoms with van der Waals surface area (Å²) in [5.74, 6) is -0.263. The lowest BCUT2D eigenvalue weighted by atomic mass is 9.96. The average Bonchev–Trinajstić information content (AvgIpc) is 2.28. The fourth-order valence-electron chi connectivity index (χ4n) is 2.03. The Morgan fingerprint density at radius 2 is 2.00 bits per heavy atom. The van der Waals surface area contributed by atoms with Crippen molar-refractivity contribution in [2.45, 2.75) is 19.9 Å². The third-order valence-corrected chi connectivity index (χ3v) is 2.80. The SMILES string of the molecule is Cc1cc(C)c(C(N)c2ccccn2)c(F)c1. The lowest BCUT2D eigenvalue weighted by Gasteiger charge is -2.15. The maximum absolute atomic E-state index is 13.9. The van der Waals surface area contributed by atoms with Crippen LogP contribution in [0.4, 0.5) is 4.39 Å². The predicted molar refractivity (Wildman–Crippen MR) is 66.1 cm³/mol. The number of hydrogen-bond donors (Lipinski definition) is 1. The van der Waals surface area contributed by atoms with Gasteiger partial charge in [0.05, 0.1) is 11.7 Å². The van der Waals surface area contributed by atoms with Crippen LogP contribution in [0.5, 0.6) is 0 Å². The Morgan fingerprint density at radius 1 is 1.24 bits per heavy atom. The number of aryl methyl sites for hydroxylation is 2. The standard InChI is InChI=1S/C14H15FN2/c1-9-7-10(2)13(11(15)8-9)14(16)12-5-3-4-6-17-12/h3-8,14H,16H2,1-2H3. The summed E-state index contributed by atoms with van der Waals surface area (Å²) in [6.07, 6.45) is 1.66. The molecular formula is C14H15FN2. The first kappa shape index (κ1) is 11.7. The van der Waals surface area contributed by atoms with Crippen molar-refractivity contribution in [2.75, 3.05) is 0 Å². The van der Waals surface area contributed by atoms with Gasteiger partial charge in [-0.2, -0.15) is 0 Å². The second-order valence-electron chi connectivity index (χ2n) is 4.21. The van der Waals surface area contributed by atoms with E-state index in [-0.39, 0.29) is 5.82 Å². The van der Waals surface area contributed by atoms with Crippen LogP contribution in [0.1, 0.15) is 28.4 Å². The van der Waals surface area contributed by atoms with Gasteiger partial charge in [-0.1, -0.05) is 12.1 Å². The molecule has 0 aliphatic heterocycles. The van der Waals surface area contributed by atoms with Crippen LogP contribution in [0.2, 0.25) is 0 Å². The van der Waals surface area contributed by atoms with E-state index in [1.807, 2.05) is 38.1 Å². The number of benzene rings is 1. The molecule has 1 heterocycles. The van der Waals surface area contributed by atoms with Crippen molar-refractivity contribution < 1.29 is 4.39 Å². The Hall–Kier alpha value is -1.74. The van der Waals surface area contributed by atoms with Crippen LogP contribution < -0.4 is 5.73 Å². The van der Waals surface area contributed by atoms with Gasteiger partial charge in [0.25, 0.3) is 0 Å². The zero-order chi connectivity index (χ0) is 12.4. The number of aromatic nitrogens is 1. The maximum Gasteiger partial charge on any atom is 0.128 e. The van der Waals surface area contributed by atoms with E-state index >= 15 is 0 Å².